The Morgan fingerprint density at radius 1 is 1.11 bits per heavy atom. The van der Waals surface area contributed by atoms with E-state index in [4.69, 9.17) is 13.6 Å². The largest absolute Gasteiger partial charge is 0.530 e. The maximum atomic E-state index is 12.2. The van der Waals surface area contributed by atoms with Crippen molar-refractivity contribution in [3.05, 3.63) is 34.4 Å². The molecular formula is C11H14NO6P. The van der Waals surface area contributed by atoms with Crippen LogP contribution >= 0.6 is 7.82 Å². The van der Waals surface area contributed by atoms with Gasteiger partial charge >= 0.3 is 7.82 Å². The fourth-order valence-corrected chi connectivity index (χ4v) is 2.85. The molecule has 1 heterocycles. The second kappa shape index (κ2) is 6.14. The van der Waals surface area contributed by atoms with E-state index in [-0.39, 0.29) is 11.4 Å². The first-order valence-electron chi connectivity index (χ1n) is 5.92. The van der Waals surface area contributed by atoms with Crippen LogP contribution in [-0.4, -0.2) is 18.1 Å². The van der Waals surface area contributed by atoms with Gasteiger partial charge in [-0.05, 0) is 31.4 Å². The predicted molar refractivity (Wildman–Crippen MR) is 67.1 cm³/mol. The predicted octanol–water partition coefficient (Wildman–Crippen LogP) is 3.30. The molecule has 1 aromatic carbocycles. The molecule has 7 nitrogen and oxygen atoms in total. The van der Waals surface area contributed by atoms with E-state index in [1.165, 1.54) is 24.3 Å². The van der Waals surface area contributed by atoms with Crippen LogP contribution in [0.1, 0.15) is 19.3 Å². The van der Waals surface area contributed by atoms with Gasteiger partial charge < -0.3 is 4.52 Å². The van der Waals surface area contributed by atoms with Crippen molar-refractivity contribution in [3.63, 3.8) is 0 Å². The molecule has 1 saturated heterocycles. The number of nitro benzene ring substituents is 1. The number of nitro groups is 1. The lowest BCUT2D eigenvalue weighted by molar-refractivity contribution is -0.384. The minimum Gasteiger partial charge on any atom is -0.404 e. The van der Waals surface area contributed by atoms with Crippen LogP contribution in [0.25, 0.3) is 0 Å². The number of rotatable bonds is 3. The van der Waals surface area contributed by atoms with Crippen LogP contribution in [-0.2, 0) is 13.6 Å². The van der Waals surface area contributed by atoms with Gasteiger partial charge in [-0.25, -0.2) is 4.57 Å². The molecule has 8 heteroatoms. The van der Waals surface area contributed by atoms with Crippen molar-refractivity contribution in [2.45, 2.75) is 19.3 Å². The molecule has 19 heavy (non-hydrogen) atoms. The zero-order valence-corrected chi connectivity index (χ0v) is 11.1. The third-order valence-corrected chi connectivity index (χ3v) is 3.98. The van der Waals surface area contributed by atoms with E-state index in [1.807, 2.05) is 0 Å². The summed E-state index contributed by atoms with van der Waals surface area (Å²) in [5.41, 5.74) is -0.0647. The van der Waals surface area contributed by atoms with Crippen molar-refractivity contribution in [2.24, 2.45) is 0 Å². The fourth-order valence-electron chi connectivity index (χ4n) is 1.58. The first-order valence-corrected chi connectivity index (χ1v) is 7.38. The molecule has 104 valence electrons. The fraction of sp³-hybridized carbons (Fsp3) is 0.455. The molecule has 0 amide bonds. The molecule has 0 spiro atoms. The van der Waals surface area contributed by atoms with Crippen LogP contribution in [0.5, 0.6) is 5.75 Å². The highest BCUT2D eigenvalue weighted by Gasteiger charge is 2.29. The molecule has 0 bridgehead atoms. The Hall–Kier alpha value is -1.43. The molecule has 0 atom stereocenters. The number of phosphoric acid groups is 1. The Balaban J connectivity index is 2.05. The lowest BCUT2D eigenvalue weighted by Crippen LogP contribution is -2.08. The number of benzene rings is 1. The average Bonchev–Trinajstić information content (AvgIpc) is 2.35. The molecule has 1 aliphatic rings. The zero-order valence-electron chi connectivity index (χ0n) is 10.2. The summed E-state index contributed by atoms with van der Waals surface area (Å²) in [6.07, 6.45) is 2.56. The Kier molecular flexibility index (Phi) is 4.52. The second-order valence-corrected chi connectivity index (χ2v) is 5.61. The first-order chi connectivity index (χ1) is 9.09. The van der Waals surface area contributed by atoms with E-state index in [0.29, 0.717) is 13.2 Å². The summed E-state index contributed by atoms with van der Waals surface area (Å²) in [6, 6.07) is 5.27. The van der Waals surface area contributed by atoms with Crippen LogP contribution in [0.4, 0.5) is 5.69 Å². The highest BCUT2D eigenvalue weighted by molar-refractivity contribution is 7.48. The van der Waals surface area contributed by atoms with Gasteiger partial charge in [-0.2, -0.15) is 0 Å². The number of phosphoric ester groups is 1. The number of non-ortho nitro benzene ring substituents is 1. The van der Waals surface area contributed by atoms with Gasteiger partial charge in [-0.15, -0.1) is 0 Å². The van der Waals surface area contributed by atoms with E-state index in [9.17, 15) is 14.7 Å². The standard InChI is InChI=1S/C11H14NO6P/c13-12(14)10-4-6-11(7-5-10)18-19(15)16-8-2-1-3-9-17-19/h4-7H,1-3,8-9H2. The Morgan fingerprint density at radius 2 is 1.68 bits per heavy atom. The van der Waals surface area contributed by atoms with Crippen molar-refractivity contribution in [1.82, 2.24) is 0 Å². The van der Waals surface area contributed by atoms with Crippen LogP contribution < -0.4 is 4.52 Å². The number of nitrogens with zero attached hydrogens (tertiary/aromatic N) is 1. The Bertz CT molecular complexity index is 476. The summed E-state index contributed by atoms with van der Waals surface area (Å²) in [6.45, 7) is 0.620. The molecular weight excluding hydrogens is 273 g/mol. The van der Waals surface area contributed by atoms with Crippen molar-refractivity contribution in [1.29, 1.82) is 0 Å². The Labute approximate surface area is 110 Å². The van der Waals surface area contributed by atoms with E-state index in [2.05, 4.69) is 0 Å². The average molecular weight is 287 g/mol. The minimum atomic E-state index is -3.62. The topological polar surface area (TPSA) is 87.9 Å². The van der Waals surface area contributed by atoms with Gasteiger partial charge in [0.15, 0.2) is 0 Å². The summed E-state index contributed by atoms with van der Waals surface area (Å²) >= 11 is 0. The summed E-state index contributed by atoms with van der Waals surface area (Å²) in [7, 11) is -3.62. The number of hydrogen-bond acceptors (Lipinski definition) is 6. The molecule has 1 aromatic rings. The second-order valence-electron chi connectivity index (χ2n) is 4.02. The lowest BCUT2D eigenvalue weighted by atomic mass is 10.2. The zero-order chi connectivity index (χ0) is 13.7. The third kappa shape index (κ3) is 4.02. The Morgan fingerprint density at radius 3 is 2.21 bits per heavy atom. The lowest BCUT2D eigenvalue weighted by Gasteiger charge is -2.20. The smallest absolute Gasteiger partial charge is 0.404 e. The molecule has 0 radical (unpaired) electrons. The monoisotopic (exact) mass is 287 g/mol. The summed E-state index contributed by atoms with van der Waals surface area (Å²) in [5, 5.41) is 10.5. The molecule has 0 N–H and O–H groups in total. The van der Waals surface area contributed by atoms with Gasteiger partial charge in [0.1, 0.15) is 5.75 Å². The number of hydrogen-bond donors (Lipinski definition) is 0. The summed E-state index contributed by atoms with van der Waals surface area (Å²) in [5.74, 6) is 0.217. The van der Waals surface area contributed by atoms with Crippen molar-refractivity contribution in [3.8, 4) is 5.75 Å². The molecule has 0 saturated carbocycles. The van der Waals surface area contributed by atoms with Crippen LogP contribution in [0.2, 0.25) is 0 Å². The highest BCUT2D eigenvalue weighted by atomic mass is 31.2. The maximum absolute atomic E-state index is 12.2. The van der Waals surface area contributed by atoms with Gasteiger partial charge in [-0.1, -0.05) is 0 Å². The van der Waals surface area contributed by atoms with E-state index in [0.717, 1.165) is 19.3 Å². The molecule has 1 fully saturated rings. The van der Waals surface area contributed by atoms with Crippen molar-refractivity contribution < 1.29 is 23.1 Å². The van der Waals surface area contributed by atoms with E-state index in [1.54, 1.807) is 0 Å². The van der Waals surface area contributed by atoms with Crippen LogP contribution in [0, 0.1) is 10.1 Å². The van der Waals surface area contributed by atoms with Crippen LogP contribution in [0.15, 0.2) is 24.3 Å². The van der Waals surface area contributed by atoms with Crippen LogP contribution in [0.3, 0.4) is 0 Å². The minimum absolute atomic E-state index is 0.0647. The molecule has 2 rings (SSSR count). The van der Waals surface area contributed by atoms with Gasteiger partial charge in [0.25, 0.3) is 5.69 Å². The van der Waals surface area contributed by atoms with E-state index >= 15 is 0 Å². The molecule has 0 aliphatic carbocycles. The summed E-state index contributed by atoms with van der Waals surface area (Å²) in [4.78, 5) is 9.99. The van der Waals surface area contributed by atoms with Gasteiger partial charge in [-0.3, -0.25) is 19.2 Å². The van der Waals surface area contributed by atoms with Crippen molar-refractivity contribution in [2.75, 3.05) is 13.2 Å². The molecule has 0 unspecified atom stereocenters. The normalized spacial score (nSPS) is 19.2. The highest BCUT2D eigenvalue weighted by Crippen LogP contribution is 2.50. The quantitative estimate of drug-likeness (QED) is 0.481. The van der Waals surface area contributed by atoms with Crippen molar-refractivity contribution >= 4 is 13.5 Å². The maximum Gasteiger partial charge on any atom is 0.530 e. The molecule has 1 aliphatic heterocycles. The van der Waals surface area contributed by atoms with Gasteiger partial charge in [0.05, 0.1) is 18.1 Å². The third-order valence-electron chi connectivity index (χ3n) is 2.55. The molecule has 0 aromatic heterocycles. The van der Waals surface area contributed by atoms with Gasteiger partial charge in [0, 0.05) is 12.1 Å². The first kappa shape index (κ1) is 14.0. The summed E-state index contributed by atoms with van der Waals surface area (Å²) < 4.78 is 27.7. The van der Waals surface area contributed by atoms with E-state index < -0.39 is 12.7 Å². The SMILES string of the molecule is O=[N+]([O-])c1ccc(OP2(=O)OCCCCCO2)cc1. The van der Waals surface area contributed by atoms with Gasteiger partial charge in [0.2, 0.25) is 0 Å².